The summed E-state index contributed by atoms with van der Waals surface area (Å²) in [6, 6.07) is 5.03. The van der Waals surface area contributed by atoms with Crippen molar-refractivity contribution in [2.45, 2.75) is 53.1 Å². The monoisotopic (exact) mass is 261 g/mol. The van der Waals surface area contributed by atoms with Crippen molar-refractivity contribution >= 4 is 5.82 Å². The van der Waals surface area contributed by atoms with Crippen molar-refractivity contribution < 1.29 is 0 Å². The van der Waals surface area contributed by atoms with Gasteiger partial charge in [-0.3, -0.25) is 0 Å². The van der Waals surface area contributed by atoms with Gasteiger partial charge >= 0.3 is 0 Å². The zero-order chi connectivity index (χ0) is 13.8. The molecule has 0 spiro atoms. The average Bonchev–Trinajstić information content (AvgIpc) is 2.71. The molecule has 2 heterocycles. The van der Waals surface area contributed by atoms with Gasteiger partial charge in [-0.25, -0.2) is 4.98 Å². The molecule has 19 heavy (non-hydrogen) atoms. The van der Waals surface area contributed by atoms with Crippen LogP contribution in [-0.2, 0) is 6.54 Å². The van der Waals surface area contributed by atoms with E-state index in [0.717, 1.165) is 37.1 Å². The number of anilines is 1. The van der Waals surface area contributed by atoms with Gasteiger partial charge in [-0.1, -0.05) is 19.9 Å². The van der Waals surface area contributed by atoms with Crippen LogP contribution in [0.15, 0.2) is 12.1 Å². The molecule has 1 saturated heterocycles. The zero-order valence-electron chi connectivity index (χ0n) is 12.7. The number of nitrogens with one attached hydrogen (secondary N) is 1. The lowest BCUT2D eigenvalue weighted by atomic mass is 10.1. The summed E-state index contributed by atoms with van der Waals surface area (Å²) in [6.07, 6.45) is 2.45. The number of pyridine rings is 1. The summed E-state index contributed by atoms with van der Waals surface area (Å²) in [4.78, 5) is 7.25. The lowest BCUT2D eigenvalue weighted by Gasteiger charge is -2.23. The van der Waals surface area contributed by atoms with E-state index in [4.69, 9.17) is 4.98 Å². The third-order valence-electron chi connectivity index (χ3n) is 4.00. The van der Waals surface area contributed by atoms with Crippen LogP contribution in [0.3, 0.4) is 0 Å². The van der Waals surface area contributed by atoms with Crippen molar-refractivity contribution in [1.29, 1.82) is 0 Å². The first-order valence-corrected chi connectivity index (χ1v) is 7.55. The summed E-state index contributed by atoms with van der Waals surface area (Å²) in [5, 5.41) is 3.44. The Bertz CT molecular complexity index is 416. The summed E-state index contributed by atoms with van der Waals surface area (Å²) >= 11 is 0. The van der Waals surface area contributed by atoms with Crippen molar-refractivity contribution in [2.75, 3.05) is 18.0 Å². The van der Waals surface area contributed by atoms with Gasteiger partial charge in [0.1, 0.15) is 5.82 Å². The van der Waals surface area contributed by atoms with Crippen LogP contribution in [0.4, 0.5) is 5.82 Å². The largest absolute Gasteiger partial charge is 0.354 e. The molecule has 3 nitrogen and oxygen atoms in total. The van der Waals surface area contributed by atoms with Gasteiger partial charge in [0.25, 0.3) is 0 Å². The van der Waals surface area contributed by atoms with Gasteiger partial charge in [-0.15, -0.1) is 0 Å². The molecular formula is C16H27N3. The zero-order valence-corrected chi connectivity index (χ0v) is 12.7. The second-order valence-corrected chi connectivity index (χ2v) is 5.93. The first-order chi connectivity index (χ1) is 9.11. The molecule has 3 heteroatoms. The molecule has 1 N–H and O–H groups in total. The fraction of sp³-hybridized carbons (Fsp3) is 0.688. The van der Waals surface area contributed by atoms with Gasteiger partial charge in [-0.05, 0) is 50.8 Å². The van der Waals surface area contributed by atoms with E-state index in [9.17, 15) is 0 Å². The van der Waals surface area contributed by atoms with Crippen LogP contribution < -0.4 is 10.2 Å². The Kier molecular flexibility index (Phi) is 4.81. The van der Waals surface area contributed by atoms with E-state index in [1.807, 2.05) is 0 Å². The minimum Gasteiger partial charge on any atom is -0.354 e. The van der Waals surface area contributed by atoms with E-state index in [-0.39, 0.29) is 0 Å². The molecule has 2 unspecified atom stereocenters. The highest BCUT2D eigenvalue weighted by Gasteiger charge is 2.27. The van der Waals surface area contributed by atoms with Crippen LogP contribution in [0.5, 0.6) is 0 Å². The van der Waals surface area contributed by atoms with Crippen molar-refractivity contribution in [3.63, 3.8) is 0 Å². The SMILES string of the molecule is CCCNCc1ccc(N2CC(C)CC2C)nc1C. The summed E-state index contributed by atoms with van der Waals surface area (Å²) in [6.45, 7) is 12.1. The molecule has 0 aliphatic carbocycles. The van der Waals surface area contributed by atoms with Gasteiger partial charge in [-0.2, -0.15) is 0 Å². The smallest absolute Gasteiger partial charge is 0.129 e. The lowest BCUT2D eigenvalue weighted by molar-refractivity contribution is 0.625. The third-order valence-corrected chi connectivity index (χ3v) is 4.00. The fourth-order valence-electron chi connectivity index (χ4n) is 2.94. The van der Waals surface area contributed by atoms with E-state index >= 15 is 0 Å². The number of rotatable bonds is 5. The predicted molar refractivity (Wildman–Crippen MR) is 81.6 cm³/mol. The van der Waals surface area contributed by atoms with Crippen molar-refractivity contribution in [2.24, 2.45) is 5.92 Å². The van der Waals surface area contributed by atoms with E-state index in [2.05, 4.69) is 50.0 Å². The minimum absolute atomic E-state index is 0.617. The van der Waals surface area contributed by atoms with E-state index in [1.165, 1.54) is 18.4 Å². The Morgan fingerprint density at radius 3 is 2.74 bits per heavy atom. The van der Waals surface area contributed by atoms with E-state index in [1.54, 1.807) is 0 Å². The average molecular weight is 261 g/mol. The second kappa shape index (κ2) is 6.38. The molecule has 0 aromatic carbocycles. The Hall–Kier alpha value is -1.09. The molecule has 1 aliphatic rings. The quantitative estimate of drug-likeness (QED) is 0.825. The lowest BCUT2D eigenvalue weighted by Crippen LogP contribution is -2.28. The number of nitrogens with zero attached hydrogens (tertiary/aromatic N) is 2. The van der Waals surface area contributed by atoms with Crippen LogP contribution in [0.25, 0.3) is 0 Å². The maximum atomic E-state index is 4.80. The molecule has 106 valence electrons. The van der Waals surface area contributed by atoms with Gasteiger partial charge in [0.2, 0.25) is 0 Å². The summed E-state index contributed by atoms with van der Waals surface area (Å²) < 4.78 is 0. The highest BCUT2D eigenvalue weighted by Crippen LogP contribution is 2.27. The standard InChI is InChI=1S/C16H27N3/c1-5-8-17-10-15-6-7-16(18-14(15)4)19-11-12(2)9-13(19)3/h6-7,12-13,17H,5,8-11H2,1-4H3. The second-order valence-electron chi connectivity index (χ2n) is 5.93. The molecule has 1 fully saturated rings. The predicted octanol–water partition coefficient (Wildman–Crippen LogP) is 3.12. The van der Waals surface area contributed by atoms with Crippen LogP contribution in [0.1, 0.15) is 44.9 Å². The normalized spacial score (nSPS) is 23.1. The Balaban J connectivity index is 2.06. The Labute approximate surface area is 117 Å². The minimum atomic E-state index is 0.617. The molecule has 0 bridgehead atoms. The van der Waals surface area contributed by atoms with Crippen LogP contribution in [0, 0.1) is 12.8 Å². The van der Waals surface area contributed by atoms with E-state index in [0.29, 0.717) is 6.04 Å². The van der Waals surface area contributed by atoms with Crippen molar-refractivity contribution in [3.05, 3.63) is 23.4 Å². The van der Waals surface area contributed by atoms with Gasteiger partial charge in [0, 0.05) is 24.8 Å². The molecule has 1 aromatic heterocycles. The fourth-order valence-corrected chi connectivity index (χ4v) is 2.94. The highest BCUT2D eigenvalue weighted by atomic mass is 15.2. The first kappa shape index (κ1) is 14.3. The molecule has 1 aromatic rings. The number of aromatic nitrogens is 1. The highest BCUT2D eigenvalue weighted by molar-refractivity contribution is 5.44. The van der Waals surface area contributed by atoms with Crippen molar-refractivity contribution in [1.82, 2.24) is 10.3 Å². The number of aryl methyl sites for hydroxylation is 1. The third kappa shape index (κ3) is 3.47. The van der Waals surface area contributed by atoms with E-state index < -0.39 is 0 Å². The number of hydrogen-bond donors (Lipinski definition) is 1. The first-order valence-electron chi connectivity index (χ1n) is 7.55. The maximum Gasteiger partial charge on any atom is 0.129 e. The molecule has 2 atom stereocenters. The number of hydrogen-bond acceptors (Lipinski definition) is 3. The topological polar surface area (TPSA) is 28.2 Å². The molecular weight excluding hydrogens is 234 g/mol. The maximum absolute atomic E-state index is 4.80. The molecule has 0 radical (unpaired) electrons. The van der Waals surface area contributed by atoms with Gasteiger partial charge in [0.05, 0.1) is 0 Å². The van der Waals surface area contributed by atoms with Crippen LogP contribution in [0.2, 0.25) is 0 Å². The summed E-state index contributed by atoms with van der Waals surface area (Å²) in [5.74, 6) is 1.93. The van der Waals surface area contributed by atoms with Crippen molar-refractivity contribution in [3.8, 4) is 0 Å². The Morgan fingerprint density at radius 1 is 1.37 bits per heavy atom. The molecule has 0 saturated carbocycles. The molecule has 0 amide bonds. The summed E-state index contributed by atoms with van der Waals surface area (Å²) in [7, 11) is 0. The van der Waals surface area contributed by atoms with Crippen LogP contribution in [-0.4, -0.2) is 24.1 Å². The summed E-state index contributed by atoms with van der Waals surface area (Å²) in [5.41, 5.74) is 2.48. The molecule has 2 rings (SSSR count). The van der Waals surface area contributed by atoms with Gasteiger partial charge in [0.15, 0.2) is 0 Å². The van der Waals surface area contributed by atoms with Crippen LogP contribution >= 0.6 is 0 Å². The Morgan fingerprint density at radius 2 is 2.16 bits per heavy atom. The van der Waals surface area contributed by atoms with Gasteiger partial charge < -0.3 is 10.2 Å². The molecule has 1 aliphatic heterocycles.